The normalized spacial score (nSPS) is 15.9. The Morgan fingerprint density at radius 1 is 1.53 bits per heavy atom. The number of aromatic nitrogens is 1. The smallest absolute Gasteiger partial charge is 0.244 e. The molecular weight excluding hydrogens is 240 g/mol. The maximum absolute atomic E-state index is 12.2. The highest BCUT2D eigenvalue weighted by atomic mass is 16.2. The van der Waals surface area contributed by atoms with Gasteiger partial charge in [-0.2, -0.15) is 5.26 Å². The first-order chi connectivity index (χ1) is 9.13. The summed E-state index contributed by atoms with van der Waals surface area (Å²) in [6.07, 6.45) is 3.79. The second-order valence-corrected chi connectivity index (χ2v) is 4.86. The Morgan fingerprint density at radius 3 is 2.84 bits per heavy atom. The topological polar surface area (TPSA) is 69.0 Å². The van der Waals surface area contributed by atoms with E-state index in [2.05, 4.69) is 16.4 Å². The van der Waals surface area contributed by atoms with Gasteiger partial charge in [-0.05, 0) is 38.3 Å². The lowest BCUT2D eigenvalue weighted by atomic mass is 10.1. The Labute approximate surface area is 113 Å². The number of nitrogens with zero attached hydrogens (tertiary/aromatic N) is 3. The molecule has 1 aromatic heterocycles. The van der Waals surface area contributed by atoms with E-state index in [0.29, 0.717) is 11.4 Å². The monoisotopic (exact) mass is 258 g/mol. The first kappa shape index (κ1) is 13.3. The summed E-state index contributed by atoms with van der Waals surface area (Å²) in [6, 6.07) is 3.55. The largest absolute Gasteiger partial charge is 0.358 e. The van der Waals surface area contributed by atoms with E-state index in [1.165, 1.54) is 0 Å². The molecule has 1 aliphatic heterocycles. The van der Waals surface area contributed by atoms with E-state index in [9.17, 15) is 4.79 Å². The number of rotatable bonds is 3. The average Bonchev–Trinajstić information content (AvgIpc) is 2.92. The number of pyridine rings is 1. The standard InChI is InChI=1S/C14H18N4O/c1-10-5-6-16-13(12(10)9-15)17-11(2)14(19)18-7-3-4-8-18/h5-6,11H,3-4,7-8H2,1-2H3,(H,16,17). The molecular formula is C14H18N4O. The molecule has 1 atom stereocenters. The van der Waals surface area contributed by atoms with E-state index in [-0.39, 0.29) is 11.9 Å². The summed E-state index contributed by atoms with van der Waals surface area (Å²) in [6.45, 7) is 5.33. The van der Waals surface area contributed by atoms with Gasteiger partial charge in [-0.1, -0.05) is 0 Å². The minimum atomic E-state index is -0.362. The lowest BCUT2D eigenvalue weighted by molar-refractivity contribution is -0.130. The van der Waals surface area contributed by atoms with Crippen molar-refractivity contribution in [3.63, 3.8) is 0 Å². The van der Waals surface area contributed by atoms with Crippen LogP contribution < -0.4 is 5.32 Å². The van der Waals surface area contributed by atoms with Crippen LogP contribution in [0.2, 0.25) is 0 Å². The van der Waals surface area contributed by atoms with Crippen molar-refractivity contribution in [1.82, 2.24) is 9.88 Å². The van der Waals surface area contributed by atoms with Crippen molar-refractivity contribution in [3.8, 4) is 6.07 Å². The molecule has 1 aromatic rings. The van der Waals surface area contributed by atoms with Gasteiger partial charge >= 0.3 is 0 Å². The molecule has 100 valence electrons. The summed E-state index contributed by atoms with van der Waals surface area (Å²) in [7, 11) is 0. The summed E-state index contributed by atoms with van der Waals surface area (Å²) in [5.41, 5.74) is 1.37. The predicted octanol–water partition coefficient (Wildman–Crippen LogP) is 1.68. The summed E-state index contributed by atoms with van der Waals surface area (Å²) >= 11 is 0. The number of hydrogen-bond donors (Lipinski definition) is 1. The molecule has 0 radical (unpaired) electrons. The molecule has 1 unspecified atom stereocenters. The lowest BCUT2D eigenvalue weighted by Crippen LogP contribution is -2.40. The maximum atomic E-state index is 12.2. The van der Waals surface area contributed by atoms with Crippen molar-refractivity contribution in [2.75, 3.05) is 18.4 Å². The third kappa shape index (κ3) is 2.84. The molecule has 5 heteroatoms. The van der Waals surface area contributed by atoms with Crippen molar-refractivity contribution >= 4 is 11.7 Å². The summed E-state index contributed by atoms with van der Waals surface area (Å²) < 4.78 is 0. The Kier molecular flexibility index (Phi) is 4.00. The first-order valence-electron chi connectivity index (χ1n) is 6.54. The number of anilines is 1. The predicted molar refractivity (Wildman–Crippen MR) is 72.6 cm³/mol. The number of hydrogen-bond acceptors (Lipinski definition) is 4. The summed E-state index contributed by atoms with van der Waals surface area (Å²) in [4.78, 5) is 18.2. The third-order valence-electron chi connectivity index (χ3n) is 3.41. The highest BCUT2D eigenvalue weighted by Gasteiger charge is 2.24. The van der Waals surface area contributed by atoms with Crippen molar-refractivity contribution in [2.45, 2.75) is 32.7 Å². The van der Waals surface area contributed by atoms with Crippen molar-refractivity contribution in [2.24, 2.45) is 0 Å². The minimum Gasteiger partial charge on any atom is -0.358 e. The van der Waals surface area contributed by atoms with Gasteiger partial charge in [0.25, 0.3) is 0 Å². The van der Waals surface area contributed by atoms with E-state index in [4.69, 9.17) is 5.26 Å². The molecule has 0 spiro atoms. The van der Waals surface area contributed by atoms with Crippen LogP contribution in [-0.4, -0.2) is 34.9 Å². The lowest BCUT2D eigenvalue weighted by Gasteiger charge is -2.22. The Hall–Kier alpha value is -2.09. The second-order valence-electron chi connectivity index (χ2n) is 4.86. The third-order valence-corrected chi connectivity index (χ3v) is 3.41. The summed E-state index contributed by atoms with van der Waals surface area (Å²) in [5.74, 6) is 0.562. The molecule has 2 rings (SSSR count). The van der Waals surface area contributed by atoms with Gasteiger partial charge in [0, 0.05) is 19.3 Å². The molecule has 1 fully saturated rings. The van der Waals surface area contributed by atoms with Crippen LogP contribution in [0.4, 0.5) is 5.82 Å². The van der Waals surface area contributed by atoms with Crippen LogP contribution in [0.1, 0.15) is 30.9 Å². The molecule has 0 bridgehead atoms. The number of carbonyl (C=O) groups is 1. The Balaban J connectivity index is 2.10. The van der Waals surface area contributed by atoms with Gasteiger partial charge in [0.1, 0.15) is 17.9 Å². The van der Waals surface area contributed by atoms with Crippen LogP contribution in [0, 0.1) is 18.3 Å². The molecule has 1 N–H and O–H groups in total. The van der Waals surface area contributed by atoms with Gasteiger partial charge in [-0.25, -0.2) is 4.98 Å². The number of nitrogens with one attached hydrogen (secondary N) is 1. The fourth-order valence-electron chi connectivity index (χ4n) is 2.29. The molecule has 0 saturated carbocycles. The molecule has 0 aromatic carbocycles. The molecule has 1 saturated heterocycles. The Morgan fingerprint density at radius 2 is 2.21 bits per heavy atom. The first-order valence-corrected chi connectivity index (χ1v) is 6.54. The number of nitriles is 1. The number of aryl methyl sites for hydroxylation is 1. The van der Waals surface area contributed by atoms with E-state index in [1.54, 1.807) is 12.3 Å². The number of likely N-dealkylation sites (tertiary alicyclic amines) is 1. The van der Waals surface area contributed by atoms with E-state index >= 15 is 0 Å². The van der Waals surface area contributed by atoms with Crippen LogP contribution in [0.5, 0.6) is 0 Å². The van der Waals surface area contributed by atoms with Crippen molar-refractivity contribution in [1.29, 1.82) is 5.26 Å². The molecule has 5 nitrogen and oxygen atoms in total. The molecule has 19 heavy (non-hydrogen) atoms. The highest BCUT2D eigenvalue weighted by Crippen LogP contribution is 2.17. The number of carbonyl (C=O) groups excluding carboxylic acids is 1. The SMILES string of the molecule is Cc1ccnc(NC(C)C(=O)N2CCCC2)c1C#N. The van der Waals surface area contributed by atoms with Crippen molar-refractivity contribution in [3.05, 3.63) is 23.4 Å². The van der Waals surface area contributed by atoms with Crippen LogP contribution in [0.15, 0.2) is 12.3 Å². The van der Waals surface area contributed by atoms with Crippen LogP contribution in [-0.2, 0) is 4.79 Å². The zero-order valence-corrected chi connectivity index (χ0v) is 11.3. The Bertz CT molecular complexity index is 515. The van der Waals surface area contributed by atoms with Gasteiger partial charge in [0.05, 0.1) is 5.56 Å². The quantitative estimate of drug-likeness (QED) is 0.895. The summed E-state index contributed by atoms with van der Waals surface area (Å²) in [5, 5.41) is 12.2. The van der Waals surface area contributed by atoms with E-state index in [1.807, 2.05) is 18.7 Å². The van der Waals surface area contributed by atoms with Gasteiger partial charge in [0.2, 0.25) is 5.91 Å². The van der Waals surface area contributed by atoms with E-state index in [0.717, 1.165) is 31.5 Å². The zero-order chi connectivity index (χ0) is 13.8. The van der Waals surface area contributed by atoms with Crippen LogP contribution in [0.3, 0.4) is 0 Å². The van der Waals surface area contributed by atoms with Gasteiger partial charge in [-0.3, -0.25) is 4.79 Å². The average molecular weight is 258 g/mol. The fraction of sp³-hybridized carbons (Fsp3) is 0.500. The van der Waals surface area contributed by atoms with Crippen molar-refractivity contribution < 1.29 is 4.79 Å². The second kappa shape index (κ2) is 5.70. The fourth-order valence-corrected chi connectivity index (χ4v) is 2.29. The van der Waals surface area contributed by atoms with Gasteiger partial charge in [0.15, 0.2) is 0 Å². The van der Waals surface area contributed by atoms with Gasteiger partial charge in [-0.15, -0.1) is 0 Å². The zero-order valence-electron chi connectivity index (χ0n) is 11.3. The van der Waals surface area contributed by atoms with Gasteiger partial charge < -0.3 is 10.2 Å². The minimum absolute atomic E-state index is 0.0738. The molecule has 1 amide bonds. The van der Waals surface area contributed by atoms with Crippen LogP contribution in [0.25, 0.3) is 0 Å². The molecule has 1 aliphatic rings. The number of amides is 1. The molecule has 0 aliphatic carbocycles. The van der Waals surface area contributed by atoms with E-state index < -0.39 is 0 Å². The highest BCUT2D eigenvalue weighted by molar-refractivity contribution is 5.84. The van der Waals surface area contributed by atoms with Crippen LogP contribution >= 0.6 is 0 Å². The maximum Gasteiger partial charge on any atom is 0.244 e. The molecule has 2 heterocycles.